The standard InChI is InChI=1S/C27H30N6OS/c28-18-19-5-4-6-20(17-19)24(34)25-26(29)32-27(35-25)31-21-7-9-22(10-8-21)33(15-2-1-3-16-33)23-11-13-30-14-12-23/h4-10,17,23,30H,1-3,11-16H2,(H2-,29,31,32,34)/p+1. The molecule has 3 heterocycles. The minimum absolute atomic E-state index is 0.199. The number of hydrogen-bond donors (Lipinski definition) is 3. The molecule has 2 saturated heterocycles. The number of rotatable bonds is 6. The summed E-state index contributed by atoms with van der Waals surface area (Å²) in [6.45, 7) is 4.66. The molecule has 0 amide bonds. The Morgan fingerprint density at radius 2 is 1.86 bits per heavy atom. The van der Waals surface area contributed by atoms with Crippen molar-refractivity contribution in [1.29, 1.82) is 5.26 Å². The number of nitriles is 1. The van der Waals surface area contributed by atoms with E-state index < -0.39 is 0 Å². The highest BCUT2D eigenvalue weighted by atomic mass is 32.1. The molecule has 35 heavy (non-hydrogen) atoms. The summed E-state index contributed by atoms with van der Waals surface area (Å²) < 4.78 is 1.10. The van der Waals surface area contributed by atoms with Crippen molar-refractivity contribution in [2.45, 2.75) is 38.1 Å². The van der Waals surface area contributed by atoms with E-state index in [4.69, 9.17) is 11.0 Å². The zero-order valence-corrected chi connectivity index (χ0v) is 20.6. The van der Waals surface area contributed by atoms with Crippen LogP contribution in [0.4, 0.5) is 22.3 Å². The van der Waals surface area contributed by atoms with Crippen LogP contribution in [0.25, 0.3) is 0 Å². The third kappa shape index (κ3) is 4.80. The number of ketones is 1. The van der Waals surface area contributed by atoms with Crippen molar-refractivity contribution >= 4 is 39.4 Å². The minimum atomic E-state index is -0.223. The Bertz CT molecular complexity index is 1230. The van der Waals surface area contributed by atoms with Gasteiger partial charge in [0.1, 0.15) is 16.4 Å². The van der Waals surface area contributed by atoms with E-state index in [2.05, 4.69) is 46.0 Å². The first-order valence-corrected chi connectivity index (χ1v) is 13.2. The van der Waals surface area contributed by atoms with Crippen molar-refractivity contribution in [2.75, 3.05) is 37.2 Å². The summed E-state index contributed by atoms with van der Waals surface area (Å²) >= 11 is 1.23. The molecule has 5 rings (SSSR count). The van der Waals surface area contributed by atoms with Gasteiger partial charge in [0.2, 0.25) is 5.78 Å². The van der Waals surface area contributed by atoms with Gasteiger partial charge in [-0.2, -0.15) is 5.26 Å². The Morgan fingerprint density at radius 1 is 1.11 bits per heavy atom. The van der Waals surface area contributed by atoms with Crippen LogP contribution >= 0.6 is 11.3 Å². The van der Waals surface area contributed by atoms with Crippen LogP contribution in [0.1, 0.15) is 52.9 Å². The average molecular weight is 488 g/mol. The van der Waals surface area contributed by atoms with Crippen molar-refractivity contribution in [2.24, 2.45) is 0 Å². The number of quaternary nitrogens is 1. The molecule has 7 nitrogen and oxygen atoms in total. The normalized spacial score (nSPS) is 18.0. The highest BCUT2D eigenvalue weighted by Gasteiger charge is 2.40. The Labute approximate surface area is 210 Å². The van der Waals surface area contributed by atoms with Crippen molar-refractivity contribution in [3.8, 4) is 6.07 Å². The largest absolute Gasteiger partial charge is 0.382 e. The smallest absolute Gasteiger partial charge is 0.206 e. The van der Waals surface area contributed by atoms with Crippen molar-refractivity contribution in [1.82, 2.24) is 14.8 Å². The molecule has 0 bridgehead atoms. The van der Waals surface area contributed by atoms with Gasteiger partial charge in [-0.25, -0.2) is 4.98 Å². The molecule has 0 unspecified atom stereocenters. The summed E-state index contributed by atoms with van der Waals surface area (Å²) in [7, 11) is 0. The van der Waals surface area contributed by atoms with Gasteiger partial charge in [0.25, 0.3) is 0 Å². The van der Waals surface area contributed by atoms with Gasteiger partial charge in [0.15, 0.2) is 5.13 Å². The van der Waals surface area contributed by atoms with Crippen molar-refractivity contribution in [3.05, 3.63) is 64.5 Å². The fraction of sp³-hybridized carbons (Fsp3) is 0.370. The maximum atomic E-state index is 13.0. The van der Waals surface area contributed by atoms with Gasteiger partial charge in [0.05, 0.1) is 30.8 Å². The van der Waals surface area contributed by atoms with Crippen LogP contribution in [-0.4, -0.2) is 43.0 Å². The van der Waals surface area contributed by atoms with Gasteiger partial charge >= 0.3 is 0 Å². The first-order valence-electron chi connectivity index (χ1n) is 12.4. The third-order valence-electron chi connectivity index (χ3n) is 7.37. The molecular weight excluding hydrogens is 456 g/mol. The van der Waals surface area contributed by atoms with Crippen LogP contribution in [0, 0.1) is 11.3 Å². The molecule has 180 valence electrons. The number of nitrogens with one attached hydrogen (secondary N) is 2. The number of piperidine rings is 2. The van der Waals surface area contributed by atoms with E-state index in [-0.39, 0.29) is 11.6 Å². The van der Waals surface area contributed by atoms with Gasteiger partial charge in [-0.1, -0.05) is 23.5 Å². The first-order chi connectivity index (χ1) is 17.1. The molecule has 0 radical (unpaired) electrons. The van der Waals surface area contributed by atoms with E-state index in [1.165, 1.54) is 62.2 Å². The SMILES string of the molecule is N#Cc1cccc(C(=O)c2sc(Nc3ccc([N+]4(C5CCNCC5)CCCCC4)cc3)nc2N)c1. The number of benzene rings is 2. The number of carbonyl (C=O) groups is 1. The van der Waals surface area contributed by atoms with E-state index in [0.717, 1.165) is 23.3 Å². The van der Waals surface area contributed by atoms with Crippen LogP contribution in [0.5, 0.6) is 0 Å². The molecule has 1 aromatic heterocycles. The maximum Gasteiger partial charge on any atom is 0.206 e. The lowest BCUT2D eigenvalue weighted by Gasteiger charge is -2.48. The summed E-state index contributed by atoms with van der Waals surface area (Å²) in [4.78, 5) is 17.7. The second kappa shape index (κ2) is 10.2. The summed E-state index contributed by atoms with van der Waals surface area (Å²) in [6.07, 6.45) is 6.36. The third-order valence-corrected chi connectivity index (χ3v) is 8.35. The zero-order valence-electron chi connectivity index (χ0n) is 19.8. The van der Waals surface area contributed by atoms with Crippen LogP contribution < -0.4 is 20.9 Å². The lowest BCUT2D eigenvalue weighted by Crippen LogP contribution is -2.62. The van der Waals surface area contributed by atoms with Crippen molar-refractivity contribution in [3.63, 3.8) is 0 Å². The van der Waals surface area contributed by atoms with E-state index in [1.54, 1.807) is 24.3 Å². The molecule has 0 saturated carbocycles. The monoisotopic (exact) mass is 487 g/mol. The lowest BCUT2D eigenvalue weighted by atomic mass is 9.95. The molecule has 2 aliphatic heterocycles. The minimum Gasteiger partial charge on any atom is -0.382 e. The molecule has 0 spiro atoms. The highest BCUT2D eigenvalue weighted by molar-refractivity contribution is 7.18. The van der Waals surface area contributed by atoms with Gasteiger partial charge in [-0.05, 0) is 43.5 Å². The second-order valence-corrected chi connectivity index (χ2v) is 10.4. The molecule has 0 aliphatic carbocycles. The number of thiazole rings is 1. The molecule has 2 aliphatic rings. The second-order valence-electron chi connectivity index (χ2n) is 9.45. The van der Waals surface area contributed by atoms with E-state index in [1.807, 2.05) is 0 Å². The lowest BCUT2D eigenvalue weighted by molar-refractivity contribution is 0.104. The van der Waals surface area contributed by atoms with Crippen molar-refractivity contribution < 1.29 is 4.79 Å². The molecule has 0 atom stereocenters. The predicted octanol–water partition coefficient (Wildman–Crippen LogP) is 4.81. The first kappa shape index (κ1) is 23.5. The number of nitrogens with zero attached hydrogens (tertiary/aromatic N) is 3. The number of aromatic nitrogens is 1. The van der Waals surface area contributed by atoms with Crippen LogP contribution in [-0.2, 0) is 0 Å². The number of nitrogen functional groups attached to an aromatic ring is 1. The van der Waals surface area contributed by atoms with Gasteiger partial charge in [-0.15, -0.1) is 0 Å². The van der Waals surface area contributed by atoms with E-state index in [0.29, 0.717) is 27.2 Å². The van der Waals surface area contributed by atoms with Gasteiger partial charge < -0.3 is 16.4 Å². The number of likely N-dealkylation sites (tertiary alicyclic amines) is 1. The molecule has 8 heteroatoms. The van der Waals surface area contributed by atoms with Crippen LogP contribution in [0.15, 0.2) is 48.5 Å². The molecular formula is C27H31N6OS+. The summed E-state index contributed by atoms with van der Waals surface area (Å²) in [6, 6.07) is 18.1. The fourth-order valence-electron chi connectivity index (χ4n) is 5.59. The Kier molecular flexibility index (Phi) is 6.82. The highest BCUT2D eigenvalue weighted by Crippen LogP contribution is 2.36. The van der Waals surface area contributed by atoms with Gasteiger partial charge in [0, 0.05) is 49.3 Å². The quantitative estimate of drug-likeness (QED) is 0.340. The van der Waals surface area contributed by atoms with E-state index >= 15 is 0 Å². The fourth-order valence-corrected chi connectivity index (χ4v) is 6.45. The van der Waals surface area contributed by atoms with Crippen LogP contribution in [0.2, 0.25) is 0 Å². The number of nitrogens with two attached hydrogens (primary N) is 1. The number of anilines is 3. The summed E-state index contributed by atoms with van der Waals surface area (Å²) in [5, 5.41) is 16.5. The zero-order chi connectivity index (χ0) is 24.3. The summed E-state index contributed by atoms with van der Waals surface area (Å²) in [5.74, 6) is -0.0239. The average Bonchev–Trinajstić information content (AvgIpc) is 3.29. The Balaban J connectivity index is 1.34. The Morgan fingerprint density at radius 3 is 2.57 bits per heavy atom. The molecule has 3 aromatic rings. The maximum absolute atomic E-state index is 13.0. The predicted molar refractivity (Wildman–Crippen MR) is 142 cm³/mol. The number of hydrogen-bond acceptors (Lipinski definition) is 7. The van der Waals surface area contributed by atoms with E-state index in [9.17, 15) is 4.79 Å². The number of carbonyl (C=O) groups excluding carboxylic acids is 1. The molecule has 4 N–H and O–H groups in total. The summed E-state index contributed by atoms with van der Waals surface area (Å²) in [5.41, 5.74) is 9.29. The van der Waals surface area contributed by atoms with Crippen LogP contribution in [0.3, 0.4) is 0 Å². The molecule has 2 fully saturated rings. The Hall–Kier alpha value is -3.25. The van der Waals surface area contributed by atoms with Gasteiger partial charge in [-0.3, -0.25) is 9.28 Å². The molecule has 2 aromatic carbocycles. The topological polar surface area (TPSA) is 104 Å².